The summed E-state index contributed by atoms with van der Waals surface area (Å²) in [5.74, 6) is 0.248. The van der Waals surface area contributed by atoms with Gasteiger partial charge in [0.15, 0.2) is 0 Å². The molecule has 0 unspecified atom stereocenters. The van der Waals surface area contributed by atoms with E-state index in [0.29, 0.717) is 53.7 Å². The predicted octanol–water partition coefficient (Wildman–Crippen LogP) is 2.82. The number of ether oxygens (including phenoxy) is 1. The van der Waals surface area contributed by atoms with Crippen LogP contribution in [0.2, 0.25) is 5.02 Å². The number of imidazole rings is 1. The first-order valence-corrected chi connectivity index (χ1v) is 10.1. The standard InChI is InChI=1S/C22H19ClN4O3/c23-17-7-3-1-5-15(17)13-27-20(28)16-6-2-4-8-19(16)26-14-18(24-22(26)27)21(29)25-9-11-30-12-10-25/h1-8,14H,9-13H2. The Labute approximate surface area is 177 Å². The maximum absolute atomic E-state index is 13.3. The number of halogens is 1. The summed E-state index contributed by atoms with van der Waals surface area (Å²) >= 11 is 6.34. The molecule has 0 saturated carbocycles. The Morgan fingerprint density at radius 3 is 2.60 bits per heavy atom. The Hall–Kier alpha value is -3.16. The molecule has 0 radical (unpaired) electrons. The highest BCUT2D eigenvalue weighted by atomic mass is 35.5. The number of hydrogen-bond acceptors (Lipinski definition) is 4. The molecular weight excluding hydrogens is 404 g/mol. The van der Waals surface area contributed by atoms with E-state index in [-0.39, 0.29) is 18.0 Å². The number of morpholine rings is 1. The van der Waals surface area contributed by atoms with Crippen LogP contribution in [0.1, 0.15) is 16.1 Å². The Balaban J connectivity index is 1.70. The van der Waals surface area contributed by atoms with Gasteiger partial charge in [0.2, 0.25) is 5.78 Å². The summed E-state index contributed by atoms with van der Waals surface area (Å²) in [6.45, 7) is 2.34. The van der Waals surface area contributed by atoms with E-state index in [1.54, 1.807) is 32.2 Å². The van der Waals surface area contributed by atoms with E-state index in [4.69, 9.17) is 16.3 Å². The number of carbonyl (C=O) groups is 1. The van der Waals surface area contributed by atoms with Gasteiger partial charge in [0.05, 0.1) is 30.7 Å². The number of para-hydroxylation sites is 1. The van der Waals surface area contributed by atoms with Gasteiger partial charge >= 0.3 is 0 Å². The van der Waals surface area contributed by atoms with Crippen molar-refractivity contribution in [2.45, 2.75) is 6.54 Å². The monoisotopic (exact) mass is 422 g/mol. The topological polar surface area (TPSA) is 68.8 Å². The highest BCUT2D eigenvalue weighted by Crippen LogP contribution is 2.20. The third-order valence-corrected chi connectivity index (χ3v) is 5.74. The molecule has 3 heterocycles. The molecule has 1 amide bonds. The van der Waals surface area contributed by atoms with Gasteiger partial charge in [0, 0.05) is 24.3 Å². The molecule has 4 aromatic rings. The third-order valence-electron chi connectivity index (χ3n) is 5.37. The lowest BCUT2D eigenvalue weighted by Gasteiger charge is -2.25. The molecule has 1 aliphatic heterocycles. The van der Waals surface area contributed by atoms with E-state index in [1.807, 2.05) is 36.4 Å². The van der Waals surface area contributed by atoms with Crippen LogP contribution in [0, 0.1) is 0 Å². The van der Waals surface area contributed by atoms with Crippen molar-refractivity contribution in [1.82, 2.24) is 18.9 Å². The highest BCUT2D eigenvalue weighted by Gasteiger charge is 2.23. The van der Waals surface area contributed by atoms with Crippen LogP contribution >= 0.6 is 11.6 Å². The number of rotatable bonds is 3. The minimum Gasteiger partial charge on any atom is -0.378 e. The van der Waals surface area contributed by atoms with Crippen molar-refractivity contribution in [3.8, 4) is 0 Å². The number of benzene rings is 2. The Bertz CT molecular complexity index is 1320. The molecule has 0 bridgehead atoms. The van der Waals surface area contributed by atoms with Crippen molar-refractivity contribution in [2.75, 3.05) is 26.3 Å². The Morgan fingerprint density at radius 1 is 1.07 bits per heavy atom. The van der Waals surface area contributed by atoms with Crippen LogP contribution in [0.5, 0.6) is 0 Å². The van der Waals surface area contributed by atoms with Gasteiger partial charge < -0.3 is 9.64 Å². The molecule has 1 saturated heterocycles. The molecule has 1 fully saturated rings. The first-order valence-electron chi connectivity index (χ1n) is 9.74. The molecule has 0 aliphatic carbocycles. The van der Waals surface area contributed by atoms with Crippen LogP contribution in [0.3, 0.4) is 0 Å². The maximum atomic E-state index is 13.3. The summed E-state index contributed by atoms with van der Waals surface area (Å²) in [5, 5.41) is 1.13. The molecule has 5 rings (SSSR count). The molecule has 8 heteroatoms. The van der Waals surface area contributed by atoms with E-state index in [2.05, 4.69) is 4.98 Å². The average molecular weight is 423 g/mol. The quantitative estimate of drug-likeness (QED) is 0.509. The smallest absolute Gasteiger partial charge is 0.274 e. The second-order valence-corrected chi connectivity index (χ2v) is 7.61. The van der Waals surface area contributed by atoms with E-state index in [0.717, 1.165) is 5.56 Å². The van der Waals surface area contributed by atoms with E-state index in [9.17, 15) is 9.59 Å². The summed E-state index contributed by atoms with van der Waals surface area (Å²) in [6.07, 6.45) is 1.71. The minimum atomic E-state index is -0.172. The van der Waals surface area contributed by atoms with Crippen molar-refractivity contribution < 1.29 is 9.53 Å². The maximum Gasteiger partial charge on any atom is 0.274 e. The number of aromatic nitrogens is 3. The van der Waals surface area contributed by atoms with Crippen molar-refractivity contribution in [2.24, 2.45) is 0 Å². The summed E-state index contributed by atoms with van der Waals surface area (Å²) in [4.78, 5) is 32.6. The average Bonchev–Trinajstić information content (AvgIpc) is 3.23. The fourth-order valence-corrected chi connectivity index (χ4v) is 4.01. The van der Waals surface area contributed by atoms with Crippen LogP contribution in [0.4, 0.5) is 0 Å². The van der Waals surface area contributed by atoms with Gasteiger partial charge in [-0.3, -0.25) is 18.6 Å². The van der Waals surface area contributed by atoms with Gasteiger partial charge in [-0.05, 0) is 23.8 Å². The van der Waals surface area contributed by atoms with Gasteiger partial charge in [-0.15, -0.1) is 0 Å². The minimum absolute atomic E-state index is 0.164. The van der Waals surface area contributed by atoms with E-state index >= 15 is 0 Å². The molecule has 2 aromatic carbocycles. The molecule has 0 atom stereocenters. The lowest BCUT2D eigenvalue weighted by atomic mass is 10.2. The normalized spacial score (nSPS) is 14.5. The Morgan fingerprint density at radius 2 is 1.80 bits per heavy atom. The van der Waals surface area contributed by atoms with Gasteiger partial charge in [0.25, 0.3) is 11.5 Å². The second kappa shape index (κ2) is 7.59. The van der Waals surface area contributed by atoms with Crippen molar-refractivity contribution >= 4 is 34.2 Å². The molecule has 1 aliphatic rings. The van der Waals surface area contributed by atoms with Gasteiger partial charge in [-0.1, -0.05) is 41.9 Å². The van der Waals surface area contributed by atoms with E-state index in [1.165, 1.54) is 0 Å². The number of hydrogen-bond donors (Lipinski definition) is 0. The largest absolute Gasteiger partial charge is 0.378 e. The van der Waals surface area contributed by atoms with Crippen LogP contribution < -0.4 is 5.56 Å². The van der Waals surface area contributed by atoms with Crippen LogP contribution in [-0.4, -0.2) is 51.1 Å². The first-order chi connectivity index (χ1) is 14.6. The highest BCUT2D eigenvalue weighted by molar-refractivity contribution is 6.31. The zero-order valence-electron chi connectivity index (χ0n) is 16.1. The first kappa shape index (κ1) is 18.8. The zero-order chi connectivity index (χ0) is 20.7. The zero-order valence-corrected chi connectivity index (χ0v) is 16.9. The molecule has 2 aromatic heterocycles. The molecule has 0 N–H and O–H groups in total. The molecule has 7 nitrogen and oxygen atoms in total. The summed E-state index contributed by atoms with van der Waals surface area (Å²) in [7, 11) is 0. The Kier molecular flexibility index (Phi) is 4.77. The number of fused-ring (bicyclic) bond motifs is 3. The fraction of sp³-hybridized carbons (Fsp3) is 0.227. The summed E-state index contributed by atoms with van der Waals surface area (Å²) < 4.78 is 8.71. The molecular formula is C22H19ClN4O3. The summed E-state index contributed by atoms with van der Waals surface area (Å²) in [5.41, 5.74) is 1.65. The molecule has 30 heavy (non-hydrogen) atoms. The van der Waals surface area contributed by atoms with Crippen molar-refractivity contribution in [3.63, 3.8) is 0 Å². The summed E-state index contributed by atoms with van der Waals surface area (Å²) in [6, 6.07) is 14.7. The van der Waals surface area contributed by atoms with Crippen molar-refractivity contribution in [1.29, 1.82) is 0 Å². The van der Waals surface area contributed by atoms with Crippen molar-refractivity contribution in [3.05, 3.63) is 81.4 Å². The van der Waals surface area contributed by atoms with Crippen LogP contribution in [0.15, 0.2) is 59.5 Å². The van der Waals surface area contributed by atoms with Crippen LogP contribution in [0.25, 0.3) is 16.7 Å². The second-order valence-electron chi connectivity index (χ2n) is 7.20. The van der Waals surface area contributed by atoms with Gasteiger partial charge in [-0.25, -0.2) is 4.98 Å². The van der Waals surface area contributed by atoms with E-state index < -0.39 is 0 Å². The van der Waals surface area contributed by atoms with Gasteiger partial charge in [0.1, 0.15) is 5.69 Å². The lowest BCUT2D eigenvalue weighted by molar-refractivity contribution is 0.0299. The molecule has 152 valence electrons. The SMILES string of the molecule is O=C(c1cn2c3ccccc3c(=O)n(Cc3ccccc3Cl)c2n1)N1CCOCC1. The third kappa shape index (κ3) is 3.16. The number of carbonyl (C=O) groups excluding carboxylic acids is 1. The number of nitrogens with zero attached hydrogens (tertiary/aromatic N) is 4. The lowest BCUT2D eigenvalue weighted by Crippen LogP contribution is -2.40. The molecule has 0 spiro atoms. The fourth-order valence-electron chi connectivity index (χ4n) is 3.81. The van der Waals surface area contributed by atoms with Crippen LogP contribution in [-0.2, 0) is 11.3 Å². The van der Waals surface area contributed by atoms with Gasteiger partial charge in [-0.2, -0.15) is 0 Å². The number of amides is 1. The predicted molar refractivity (Wildman–Crippen MR) is 114 cm³/mol.